The number of hydrogen-bond acceptors (Lipinski definition) is 2. The molecular formula is C5H4F3O2-. The number of aliphatic carboxylic acids is 1. The summed E-state index contributed by atoms with van der Waals surface area (Å²) in [7, 11) is 0. The lowest BCUT2D eigenvalue weighted by Gasteiger charge is -2.05. The first-order chi connectivity index (χ1) is 4.34. The van der Waals surface area contributed by atoms with E-state index in [1.54, 1.807) is 0 Å². The van der Waals surface area contributed by atoms with Crippen molar-refractivity contribution in [2.45, 2.75) is 13.1 Å². The number of halogens is 3. The minimum Gasteiger partial charge on any atom is -0.545 e. The molecule has 0 fully saturated rings. The van der Waals surface area contributed by atoms with Crippen molar-refractivity contribution in [3.8, 4) is 0 Å². The monoisotopic (exact) mass is 153 g/mol. The molecule has 0 heterocycles. The van der Waals surface area contributed by atoms with E-state index in [0.29, 0.717) is 6.92 Å². The van der Waals surface area contributed by atoms with Crippen molar-refractivity contribution in [2.24, 2.45) is 0 Å². The maximum Gasteiger partial charge on any atom is 0.412 e. The van der Waals surface area contributed by atoms with E-state index in [9.17, 15) is 23.1 Å². The molecule has 0 aliphatic heterocycles. The lowest BCUT2D eigenvalue weighted by Crippen LogP contribution is -2.22. The standard InChI is InChI=1S/C5H5F3O2/c1-3(2-4(9)10)5(6,7)8/h2H,1H3,(H,9,10)/p-1/b3-2+. The third-order valence-corrected chi connectivity index (χ3v) is 0.781. The summed E-state index contributed by atoms with van der Waals surface area (Å²) in [4.78, 5) is 9.57. The van der Waals surface area contributed by atoms with Crippen LogP contribution in [0.25, 0.3) is 0 Å². The smallest absolute Gasteiger partial charge is 0.412 e. The van der Waals surface area contributed by atoms with Crippen LogP contribution in [-0.2, 0) is 4.79 Å². The van der Waals surface area contributed by atoms with Crippen molar-refractivity contribution in [1.82, 2.24) is 0 Å². The largest absolute Gasteiger partial charge is 0.545 e. The minimum absolute atomic E-state index is 0.0139. The lowest BCUT2D eigenvalue weighted by molar-refractivity contribution is -0.297. The van der Waals surface area contributed by atoms with Crippen LogP contribution in [0.15, 0.2) is 11.6 Å². The molecule has 0 amide bonds. The quantitative estimate of drug-likeness (QED) is 0.506. The zero-order valence-corrected chi connectivity index (χ0v) is 5.03. The molecule has 0 saturated heterocycles. The number of hydrogen-bond donors (Lipinski definition) is 0. The first-order valence-electron chi connectivity index (χ1n) is 2.30. The fourth-order valence-electron chi connectivity index (χ4n) is 0.259. The predicted molar refractivity (Wildman–Crippen MR) is 24.8 cm³/mol. The fraction of sp³-hybridized carbons (Fsp3) is 0.400. The molecule has 0 saturated carbocycles. The van der Waals surface area contributed by atoms with Crippen LogP contribution in [0.5, 0.6) is 0 Å². The van der Waals surface area contributed by atoms with E-state index in [1.807, 2.05) is 0 Å². The van der Waals surface area contributed by atoms with E-state index in [1.165, 1.54) is 0 Å². The number of allylic oxidation sites excluding steroid dienone is 1. The topological polar surface area (TPSA) is 40.1 Å². The molecule has 58 valence electrons. The normalized spacial score (nSPS) is 13.4. The van der Waals surface area contributed by atoms with Gasteiger partial charge in [0.1, 0.15) is 0 Å². The summed E-state index contributed by atoms with van der Waals surface area (Å²) in [6, 6.07) is 0. The van der Waals surface area contributed by atoms with Gasteiger partial charge in [0.15, 0.2) is 0 Å². The second-order valence-corrected chi connectivity index (χ2v) is 1.64. The Morgan fingerprint density at radius 2 is 1.90 bits per heavy atom. The van der Waals surface area contributed by atoms with E-state index >= 15 is 0 Å². The second-order valence-electron chi connectivity index (χ2n) is 1.64. The molecule has 0 aliphatic rings. The van der Waals surface area contributed by atoms with Gasteiger partial charge in [-0.3, -0.25) is 0 Å². The first kappa shape index (κ1) is 9.00. The molecule has 0 N–H and O–H groups in total. The highest BCUT2D eigenvalue weighted by Crippen LogP contribution is 2.24. The van der Waals surface area contributed by atoms with Crippen molar-refractivity contribution < 1.29 is 23.1 Å². The maximum absolute atomic E-state index is 11.5. The molecule has 0 unspecified atom stereocenters. The molecule has 0 aliphatic carbocycles. The number of carbonyl (C=O) groups is 1. The van der Waals surface area contributed by atoms with Crippen molar-refractivity contribution >= 4 is 5.97 Å². The minimum atomic E-state index is -4.57. The summed E-state index contributed by atoms with van der Waals surface area (Å²) >= 11 is 0. The van der Waals surface area contributed by atoms with Crippen LogP contribution in [0.3, 0.4) is 0 Å². The van der Waals surface area contributed by atoms with Gasteiger partial charge in [0, 0.05) is 5.57 Å². The Balaban J connectivity index is 4.35. The van der Waals surface area contributed by atoms with Crippen molar-refractivity contribution in [3.05, 3.63) is 11.6 Å². The summed E-state index contributed by atoms with van der Waals surface area (Å²) in [6.07, 6.45) is -4.56. The van der Waals surface area contributed by atoms with Crippen LogP contribution < -0.4 is 5.11 Å². The summed E-state index contributed by atoms with van der Waals surface area (Å²) in [5.74, 6) is -1.84. The Labute approximate surface area is 55.0 Å². The van der Waals surface area contributed by atoms with Gasteiger partial charge in [0.05, 0.1) is 5.97 Å². The Bertz CT molecular complexity index is 168. The van der Waals surface area contributed by atoms with Crippen LogP contribution in [-0.4, -0.2) is 12.1 Å². The van der Waals surface area contributed by atoms with Crippen LogP contribution in [0.2, 0.25) is 0 Å². The average Bonchev–Trinajstić information content (AvgIpc) is 1.60. The van der Waals surface area contributed by atoms with Crippen LogP contribution >= 0.6 is 0 Å². The summed E-state index contributed by atoms with van der Waals surface area (Å²) in [5, 5.41) is 9.57. The number of carboxylic acid groups (broad SMARTS) is 1. The van der Waals surface area contributed by atoms with E-state index in [0.717, 1.165) is 0 Å². The van der Waals surface area contributed by atoms with Gasteiger partial charge in [-0.05, 0) is 13.0 Å². The third kappa shape index (κ3) is 3.11. The fourth-order valence-corrected chi connectivity index (χ4v) is 0.259. The van der Waals surface area contributed by atoms with Crippen molar-refractivity contribution in [3.63, 3.8) is 0 Å². The third-order valence-electron chi connectivity index (χ3n) is 0.781. The Morgan fingerprint density at radius 1 is 1.50 bits per heavy atom. The Hall–Kier alpha value is -1.00. The van der Waals surface area contributed by atoms with E-state index in [-0.39, 0.29) is 6.08 Å². The van der Waals surface area contributed by atoms with Crippen LogP contribution in [0.4, 0.5) is 13.2 Å². The number of carboxylic acids is 1. The molecule has 2 nitrogen and oxygen atoms in total. The van der Waals surface area contributed by atoms with Gasteiger partial charge in [-0.1, -0.05) is 0 Å². The van der Waals surface area contributed by atoms with Crippen molar-refractivity contribution in [1.29, 1.82) is 0 Å². The molecule has 10 heavy (non-hydrogen) atoms. The predicted octanol–water partition coefficient (Wildman–Crippen LogP) is 0.245. The summed E-state index contributed by atoms with van der Waals surface area (Å²) < 4.78 is 34.4. The molecule has 0 aromatic carbocycles. The van der Waals surface area contributed by atoms with Gasteiger partial charge in [-0.15, -0.1) is 0 Å². The van der Waals surface area contributed by atoms with Crippen LogP contribution in [0.1, 0.15) is 6.92 Å². The number of rotatable bonds is 1. The van der Waals surface area contributed by atoms with Crippen LogP contribution in [0, 0.1) is 0 Å². The highest BCUT2D eigenvalue weighted by Gasteiger charge is 2.29. The number of alkyl halides is 3. The molecule has 0 bridgehead atoms. The SMILES string of the molecule is C/C(=C\C(=O)[O-])C(F)(F)F. The zero-order valence-electron chi connectivity index (χ0n) is 5.03. The summed E-state index contributed by atoms with van der Waals surface area (Å²) in [5.41, 5.74) is -1.17. The van der Waals surface area contributed by atoms with Gasteiger partial charge in [0.2, 0.25) is 0 Å². The van der Waals surface area contributed by atoms with E-state index in [2.05, 4.69) is 0 Å². The molecular weight excluding hydrogens is 149 g/mol. The number of carbonyl (C=O) groups excluding carboxylic acids is 1. The Morgan fingerprint density at radius 3 is 2.00 bits per heavy atom. The van der Waals surface area contributed by atoms with Gasteiger partial charge in [-0.25, -0.2) is 0 Å². The molecule has 0 atom stereocenters. The highest BCUT2D eigenvalue weighted by atomic mass is 19.4. The van der Waals surface area contributed by atoms with Gasteiger partial charge < -0.3 is 9.90 Å². The van der Waals surface area contributed by atoms with E-state index in [4.69, 9.17) is 0 Å². The Kier molecular flexibility index (Phi) is 2.45. The first-order valence-corrected chi connectivity index (χ1v) is 2.30. The second kappa shape index (κ2) is 2.72. The highest BCUT2D eigenvalue weighted by molar-refractivity contribution is 5.78. The molecule has 0 spiro atoms. The molecule has 0 aromatic heterocycles. The van der Waals surface area contributed by atoms with E-state index < -0.39 is 17.7 Å². The zero-order chi connectivity index (χ0) is 8.36. The lowest BCUT2D eigenvalue weighted by atomic mass is 10.3. The summed E-state index contributed by atoms with van der Waals surface area (Å²) in [6.45, 7) is 0.662. The molecule has 0 rings (SSSR count). The maximum atomic E-state index is 11.5. The molecule has 0 aromatic rings. The molecule has 5 heteroatoms. The average molecular weight is 153 g/mol. The van der Waals surface area contributed by atoms with Crippen molar-refractivity contribution in [2.75, 3.05) is 0 Å². The van der Waals surface area contributed by atoms with Gasteiger partial charge >= 0.3 is 6.18 Å². The van der Waals surface area contributed by atoms with Gasteiger partial charge in [-0.2, -0.15) is 13.2 Å². The van der Waals surface area contributed by atoms with Gasteiger partial charge in [0.25, 0.3) is 0 Å². The molecule has 0 radical (unpaired) electrons.